The van der Waals surface area contributed by atoms with E-state index in [1.165, 1.54) is 25.3 Å². The second kappa shape index (κ2) is 9.24. The molecule has 36 heavy (non-hydrogen) atoms. The molecule has 2 heterocycles. The first-order valence-corrected chi connectivity index (χ1v) is 12.0. The first-order valence-electron chi connectivity index (χ1n) is 11.3. The first-order chi connectivity index (χ1) is 17.3. The molecule has 5 rings (SSSR count). The predicted octanol–water partition coefficient (Wildman–Crippen LogP) is 4.52. The molecule has 2 aliphatic rings. The summed E-state index contributed by atoms with van der Waals surface area (Å²) < 4.78 is 5.35. The minimum absolute atomic E-state index is 0.00597. The molecule has 0 saturated carbocycles. The van der Waals surface area contributed by atoms with Crippen molar-refractivity contribution in [2.75, 3.05) is 12.0 Å². The van der Waals surface area contributed by atoms with E-state index in [2.05, 4.69) is 5.32 Å². The van der Waals surface area contributed by atoms with E-state index in [9.17, 15) is 19.5 Å². The van der Waals surface area contributed by atoms with Gasteiger partial charge in [0, 0.05) is 17.5 Å². The molecular weight excluding hydrogens is 503 g/mol. The number of carboxylic acids is 1. The zero-order valence-electron chi connectivity index (χ0n) is 19.2. The Morgan fingerprint density at radius 1 is 1.03 bits per heavy atom. The van der Waals surface area contributed by atoms with Gasteiger partial charge in [0.05, 0.1) is 29.7 Å². The number of amides is 2. The Bertz CT molecular complexity index is 1370. The minimum Gasteiger partial charge on any atom is -0.497 e. The Morgan fingerprint density at radius 3 is 2.44 bits per heavy atom. The lowest BCUT2D eigenvalue weighted by Crippen LogP contribution is -2.57. The number of aliphatic carboxylic acids is 1. The highest BCUT2D eigenvalue weighted by Crippen LogP contribution is 2.52. The zero-order chi connectivity index (χ0) is 25.6. The van der Waals surface area contributed by atoms with Crippen molar-refractivity contribution < 1.29 is 24.2 Å². The molecule has 0 spiro atoms. The highest BCUT2D eigenvalue weighted by atomic mass is 35.5. The molecule has 3 aromatic rings. The summed E-state index contributed by atoms with van der Waals surface area (Å²) in [6, 6.07) is 19.8. The van der Waals surface area contributed by atoms with E-state index in [4.69, 9.17) is 27.9 Å². The number of ether oxygens (including phenoxy) is 1. The molecule has 2 amide bonds. The number of hydrogen-bond donors (Lipinski definition) is 2. The maximum Gasteiger partial charge on any atom is 0.325 e. The number of hydrogen-bond acceptors (Lipinski definition) is 5. The number of carboxylic acid groups (broad SMARTS) is 1. The molecule has 9 heteroatoms. The molecular formula is C27H22Cl2N2O5. The van der Waals surface area contributed by atoms with Gasteiger partial charge in [-0.15, -0.1) is 0 Å². The van der Waals surface area contributed by atoms with Crippen molar-refractivity contribution >= 4 is 46.7 Å². The van der Waals surface area contributed by atoms with E-state index in [0.717, 1.165) is 10.5 Å². The van der Waals surface area contributed by atoms with Crippen LogP contribution in [0.1, 0.15) is 17.2 Å². The quantitative estimate of drug-likeness (QED) is 0.460. The summed E-state index contributed by atoms with van der Waals surface area (Å²) in [5.41, 5.74) is -0.194. The van der Waals surface area contributed by atoms with Gasteiger partial charge in [-0.25, -0.2) is 4.90 Å². The molecule has 2 fully saturated rings. The molecule has 2 N–H and O–H groups in total. The summed E-state index contributed by atoms with van der Waals surface area (Å²) in [6.45, 7) is 0. The Hall–Kier alpha value is -3.39. The molecule has 0 radical (unpaired) electrons. The van der Waals surface area contributed by atoms with Gasteiger partial charge in [0.15, 0.2) is 0 Å². The van der Waals surface area contributed by atoms with E-state index < -0.39 is 41.2 Å². The maximum atomic E-state index is 13.9. The Kier molecular flexibility index (Phi) is 6.24. The summed E-state index contributed by atoms with van der Waals surface area (Å²) in [6.07, 6.45) is 0.00597. The molecule has 7 nitrogen and oxygen atoms in total. The minimum atomic E-state index is -1.74. The highest BCUT2D eigenvalue weighted by molar-refractivity contribution is 6.38. The van der Waals surface area contributed by atoms with Gasteiger partial charge in [-0.1, -0.05) is 65.7 Å². The fraction of sp³-hybridized carbons (Fsp3) is 0.222. The number of methoxy groups -OCH3 is 1. The summed E-state index contributed by atoms with van der Waals surface area (Å²) >= 11 is 12.4. The lowest BCUT2D eigenvalue weighted by atomic mass is 9.76. The maximum absolute atomic E-state index is 13.9. The number of rotatable bonds is 6. The van der Waals surface area contributed by atoms with Crippen molar-refractivity contribution in [3.8, 4) is 5.75 Å². The van der Waals surface area contributed by atoms with Gasteiger partial charge in [-0.2, -0.15) is 0 Å². The molecule has 4 atom stereocenters. The zero-order valence-corrected chi connectivity index (χ0v) is 20.7. The van der Waals surface area contributed by atoms with E-state index in [0.29, 0.717) is 16.3 Å². The standard InChI is InChI=1S/C27H22Cl2N2O5/c1-36-18-9-5-8-16(12-18)23-21-22(27(30-23,26(34)35)14-15-6-3-2-4-7-15)25(33)31(24(21)32)20-11-10-17(28)13-19(20)29/h2-13,21-23,30H,14H2,1H3,(H,34,35)/t21-,22-,23+,27+/m1/s1. The molecule has 2 aliphatic heterocycles. The van der Waals surface area contributed by atoms with E-state index in [1.807, 2.05) is 6.07 Å². The van der Waals surface area contributed by atoms with Crippen LogP contribution in [-0.2, 0) is 20.8 Å². The van der Waals surface area contributed by atoms with E-state index >= 15 is 0 Å². The van der Waals surface area contributed by atoms with Gasteiger partial charge in [0.1, 0.15) is 11.3 Å². The van der Waals surface area contributed by atoms with Gasteiger partial charge < -0.3 is 9.84 Å². The van der Waals surface area contributed by atoms with Crippen molar-refractivity contribution in [3.63, 3.8) is 0 Å². The fourth-order valence-electron chi connectivity index (χ4n) is 5.38. The van der Waals surface area contributed by atoms with Gasteiger partial charge >= 0.3 is 5.97 Å². The van der Waals surface area contributed by atoms with Crippen molar-refractivity contribution in [2.45, 2.75) is 18.0 Å². The van der Waals surface area contributed by atoms with Crippen LogP contribution in [0.2, 0.25) is 10.0 Å². The Balaban J connectivity index is 1.67. The number of halogens is 2. The summed E-state index contributed by atoms with van der Waals surface area (Å²) in [5, 5.41) is 14.3. The summed E-state index contributed by atoms with van der Waals surface area (Å²) in [4.78, 5) is 41.8. The number of benzene rings is 3. The van der Waals surface area contributed by atoms with Crippen LogP contribution in [-0.4, -0.2) is 35.5 Å². The molecule has 0 bridgehead atoms. The molecule has 184 valence electrons. The van der Waals surface area contributed by atoms with Gasteiger partial charge in [0.25, 0.3) is 0 Å². The third-order valence-corrected chi connectivity index (χ3v) is 7.50. The highest BCUT2D eigenvalue weighted by Gasteiger charge is 2.68. The van der Waals surface area contributed by atoms with Crippen LogP contribution in [0.5, 0.6) is 5.75 Å². The topological polar surface area (TPSA) is 95.9 Å². The van der Waals surface area contributed by atoms with E-state index in [1.54, 1.807) is 48.5 Å². The molecule has 2 saturated heterocycles. The molecule has 0 aromatic heterocycles. The monoisotopic (exact) mass is 524 g/mol. The Morgan fingerprint density at radius 2 is 1.78 bits per heavy atom. The average molecular weight is 525 g/mol. The van der Waals surface area contributed by atoms with Crippen LogP contribution in [0.3, 0.4) is 0 Å². The number of nitrogens with zero attached hydrogens (tertiary/aromatic N) is 1. The third-order valence-electron chi connectivity index (χ3n) is 6.97. The van der Waals surface area contributed by atoms with Crippen LogP contribution in [0.15, 0.2) is 72.8 Å². The van der Waals surface area contributed by atoms with Crippen molar-refractivity contribution in [2.24, 2.45) is 11.8 Å². The number of carbonyl (C=O) groups excluding carboxylic acids is 2. The number of nitrogens with one attached hydrogen (secondary N) is 1. The van der Waals surface area contributed by atoms with Crippen LogP contribution < -0.4 is 15.0 Å². The van der Waals surface area contributed by atoms with Crippen LogP contribution >= 0.6 is 23.2 Å². The molecule has 3 aromatic carbocycles. The molecule has 0 aliphatic carbocycles. The second-order valence-corrected chi connectivity index (χ2v) is 9.79. The molecule has 0 unspecified atom stereocenters. The van der Waals surface area contributed by atoms with Gasteiger partial charge in [-0.05, 0) is 41.5 Å². The van der Waals surface area contributed by atoms with Crippen molar-refractivity contribution in [3.05, 3.63) is 94.0 Å². The number of carbonyl (C=O) groups is 3. The van der Waals surface area contributed by atoms with Crippen LogP contribution in [0, 0.1) is 11.8 Å². The third kappa shape index (κ3) is 3.84. The van der Waals surface area contributed by atoms with Crippen LogP contribution in [0.25, 0.3) is 0 Å². The van der Waals surface area contributed by atoms with Crippen molar-refractivity contribution in [1.82, 2.24) is 5.32 Å². The Labute approximate surface area is 217 Å². The summed E-state index contributed by atoms with van der Waals surface area (Å²) in [7, 11) is 1.52. The number of imide groups is 1. The van der Waals surface area contributed by atoms with Crippen molar-refractivity contribution in [1.29, 1.82) is 0 Å². The lowest BCUT2D eigenvalue weighted by molar-refractivity contribution is -0.148. The van der Waals surface area contributed by atoms with Gasteiger partial charge in [0.2, 0.25) is 11.8 Å². The number of anilines is 1. The second-order valence-electron chi connectivity index (χ2n) is 8.95. The SMILES string of the molecule is COc1cccc([C@@H]2N[C@](Cc3ccccc3)(C(=O)O)[C@H]3C(=O)N(c4ccc(Cl)cc4Cl)C(=O)[C@@H]23)c1. The van der Waals surface area contributed by atoms with Crippen LogP contribution in [0.4, 0.5) is 5.69 Å². The normalized spacial score (nSPS) is 25.2. The largest absolute Gasteiger partial charge is 0.497 e. The summed E-state index contributed by atoms with van der Waals surface area (Å²) in [5.74, 6) is -3.95. The number of fused-ring (bicyclic) bond motifs is 1. The van der Waals surface area contributed by atoms with Gasteiger partial charge in [-0.3, -0.25) is 19.7 Å². The average Bonchev–Trinajstić information content (AvgIpc) is 3.34. The first kappa shape index (κ1) is 24.3. The lowest BCUT2D eigenvalue weighted by Gasteiger charge is -2.31. The predicted molar refractivity (Wildman–Crippen MR) is 135 cm³/mol. The smallest absolute Gasteiger partial charge is 0.325 e. The van der Waals surface area contributed by atoms with E-state index in [-0.39, 0.29) is 17.1 Å². The fourth-order valence-corrected chi connectivity index (χ4v) is 5.87.